The molecule has 1 aliphatic heterocycles. The molecule has 1 aromatic rings. The van der Waals surface area contributed by atoms with E-state index in [0.29, 0.717) is 0 Å². The second-order valence-electron chi connectivity index (χ2n) is 3.33. The molecular weight excluding hydrogens is 213 g/mol. The molecule has 1 aliphatic rings. The quantitative estimate of drug-likeness (QED) is 0.697. The van der Waals surface area contributed by atoms with Crippen LogP contribution in [-0.4, -0.2) is 23.0 Å². The molecule has 0 saturated carbocycles. The molecule has 0 amide bonds. The van der Waals surface area contributed by atoms with Crippen LogP contribution >= 0.6 is 0 Å². The van der Waals surface area contributed by atoms with Gasteiger partial charge in [-0.15, -0.1) is 0 Å². The van der Waals surface area contributed by atoms with Crippen LogP contribution in [0.4, 0.5) is 13.2 Å². The molecule has 0 fully saturated rings. The Labute approximate surface area is 82.7 Å². The molecule has 0 saturated heterocycles. The van der Waals surface area contributed by atoms with E-state index in [1.54, 1.807) is 0 Å². The fourth-order valence-electron chi connectivity index (χ4n) is 1.47. The number of aromatic hydroxyl groups is 1. The lowest BCUT2D eigenvalue weighted by Crippen LogP contribution is -2.43. The van der Waals surface area contributed by atoms with E-state index >= 15 is 0 Å². The molecule has 0 radical (unpaired) electrons. The molecule has 6 heteroatoms. The van der Waals surface area contributed by atoms with Crippen LogP contribution in [0.5, 0.6) is 11.5 Å². The Morgan fingerprint density at radius 2 is 2.00 bits per heavy atom. The van der Waals surface area contributed by atoms with Gasteiger partial charge in [0.25, 0.3) is 0 Å². The summed E-state index contributed by atoms with van der Waals surface area (Å²) in [6.07, 6.45) is -4.80. The first-order chi connectivity index (χ1) is 6.84. The number of alkyl halides is 3. The molecule has 15 heavy (non-hydrogen) atoms. The van der Waals surface area contributed by atoms with Crippen LogP contribution in [0.15, 0.2) is 18.2 Å². The molecule has 1 heterocycles. The molecule has 0 aliphatic carbocycles. The summed E-state index contributed by atoms with van der Waals surface area (Å²) in [6.45, 7) is -0.880. The number of rotatable bonds is 0. The summed E-state index contributed by atoms with van der Waals surface area (Å²) in [5.41, 5.74) is -3.34. The molecule has 2 rings (SSSR count). The van der Waals surface area contributed by atoms with Gasteiger partial charge in [-0.1, -0.05) is 0 Å². The van der Waals surface area contributed by atoms with Gasteiger partial charge in [-0.05, 0) is 12.1 Å². The molecule has 1 aromatic carbocycles. The van der Waals surface area contributed by atoms with Crippen molar-refractivity contribution in [2.45, 2.75) is 11.8 Å². The largest absolute Gasteiger partial charge is 0.508 e. The summed E-state index contributed by atoms with van der Waals surface area (Å²) >= 11 is 0. The van der Waals surface area contributed by atoms with E-state index in [0.717, 1.165) is 18.2 Å². The van der Waals surface area contributed by atoms with Gasteiger partial charge in [-0.3, -0.25) is 0 Å². The van der Waals surface area contributed by atoms with Crippen molar-refractivity contribution in [3.8, 4) is 11.5 Å². The van der Waals surface area contributed by atoms with Crippen LogP contribution < -0.4 is 4.74 Å². The van der Waals surface area contributed by atoms with Gasteiger partial charge in [0.2, 0.25) is 5.60 Å². The first-order valence-electron chi connectivity index (χ1n) is 4.10. The maximum absolute atomic E-state index is 12.5. The maximum atomic E-state index is 12.5. The molecule has 2 N–H and O–H groups in total. The van der Waals surface area contributed by atoms with Gasteiger partial charge in [-0.2, -0.15) is 13.2 Å². The van der Waals surface area contributed by atoms with Gasteiger partial charge in [-0.25, -0.2) is 0 Å². The van der Waals surface area contributed by atoms with Crippen molar-refractivity contribution >= 4 is 0 Å². The van der Waals surface area contributed by atoms with Crippen molar-refractivity contribution in [1.29, 1.82) is 0 Å². The van der Waals surface area contributed by atoms with Crippen molar-refractivity contribution in [2.75, 3.05) is 6.61 Å². The first kappa shape index (κ1) is 10.1. The van der Waals surface area contributed by atoms with Crippen molar-refractivity contribution < 1.29 is 28.1 Å². The normalized spacial score (nSPS) is 24.8. The standard InChI is InChI=1S/C9H7F3O3/c10-9(11,12)8(14)4-15-7-3-5(13)1-2-6(7)8/h1-3,13-14H,4H2. The fraction of sp³-hybridized carbons (Fsp3) is 0.333. The van der Waals surface area contributed by atoms with E-state index in [9.17, 15) is 18.3 Å². The molecule has 0 aromatic heterocycles. The maximum Gasteiger partial charge on any atom is 0.425 e. The van der Waals surface area contributed by atoms with Gasteiger partial charge in [0.15, 0.2) is 0 Å². The summed E-state index contributed by atoms with van der Waals surface area (Å²) in [7, 11) is 0. The minimum atomic E-state index is -4.80. The number of halogens is 3. The highest BCUT2D eigenvalue weighted by molar-refractivity contribution is 5.47. The SMILES string of the molecule is Oc1ccc2c(c1)OCC2(O)C(F)(F)F. The van der Waals surface area contributed by atoms with Crippen LogP contribution in [0.2, 0.25) is 0 Å². The number of ether oxygens (including phenoxy) is 1. The first-order valence-corrected chi connectivity index (χ1v) is 4.10. The summed E-state index contributed by atoms with van der Waals surface area (Å²) in [5, 5.41) is 18.5. The minimum absolute atomic E-state index is 0.144. The topological polar surface area (TPSA) is 49.7 Å². The Kier molecular flexibility index (Phi) is 1.88. The van der Waals surface area contributed by atoms with Gasteiger partial charge >= 0.3 is 6.18 Å². The van der Waals surface area contributed by atoms with E-state index in [2.05, 4.69) is 0 Å². The lowest BCUT2D eigenvalue weighted by molar-refractivity contribution is -0.267. The minimum Gasteiger partial charge on any atom is -0.508 e. The van der Waals surface area contributed by atoms with Crippen molar-refractivity contribution in [3.63, 3.8) is 0 Å². The number of phenolic OH excluding ortho intramolecular Hbond substituents is 1. The van der Waals surface area contributed by atoms with E-state index in [4.69, 9.17) is 9.84 Å². The molecule has 82 valence electrons. The van der Waals surface area contributed by atoms with Crippen molar-refractivity contribution in [1.82, 2.24) is 0 Å². The number of hydrogen-bond donors (Lipinski definition) is 2. The molecule has 3 nitrogen and oxygen atoms in total. The highest BCUT2D eigenvalue weighted by Crippen LogP contribution is 2.47. The Bertz CT molecular complexity index is 402. The lowest BCUT2D eigenvalue weighted by atomic mass is 9.95. The third-order valence-corrected chi connectivity index (χ3v) is 2.32. The molecule has 0 spiro atoms. The van der Waals surface area contributed by atoms with Gasteiger partial charge in [0, 0.05) is 11.6 Å². The molecule has 1 unspecified atom stereocenters. The van der Waals surface area contributed by atoms with Crippen LogP contribution in [0.1, 0.15) is 5.56 Å². The number of phenols is 1. The molecule has 1 atom stereocenters. The summed E-state index contributed by atoms with van der Waals surface area (Å²) in [6, 6.07) is 3.12. The van der Waals surface area contributed by atoms with Crippen LogP contribution in [-0.2, 0) is 5.60 Å². The highest BCUT2D eigenvalue weighted by Gasteiger charge is 2.59. The van der Waals surface area contributed by atoms with E-state index in [1.165, 1.54) is 0 Å². The summed E-state index contributed by atoms with van der Waals surface area (Å²) in [4.78, 5) is 0. The highest BCUT2D eigenvalue weighted by atomic mass is 19.4. The molecule has 0 bridgehead atoms. The zero-order chi connectivity index (χ0) is 11.3. The van der Waals surface area contributed by atoms with Crippen LogP contribution in [0, 0.1) is 0 Å². The molecular formula is C9H7F3O3. The third kappa shape index (κ3) is 1.32. The summed E-state index contributed by atoms with van der Waals surface area (Å²) < 4.78 is 42.3. The van der Waals surface area contributed by atoms with Crippen molar-refractivity contribution in [2.24, 2.45) is 0 Å². The van der Waals surface area contributed by atoms with Crippen LogP contribution in [0.3, 0.4) is 0 Å². The second kappa shape index (κ2) is 2.79. The monoisotopic (exact) mass is 220 g/mol. The zero-order valence-electron chi connectivity index (χ0n) is 7.38. The van der Waals surface area contributed by atoms with Gasteiger partial charge < -0.3 is 14.9 Å². The Hall–Kier alpha value is -1.43. The number of aliphatic hydroxyl groups is 1. The van der Waals surface area contributed by atoms with E-state index < -0.39 is 18.4 Å². The Morgan fingerprint density at radius 1 is 1.33 bits per heavy atom. The number of hydrogen-bond acceptors (Lipinski definition) is 3. The zero-order valence-corrected chi connectivity index (χ0v) is 7.38. The predicted octanol–water partition coefficient (Wildman–Crippen LogP) is 1.53. The van der Waals surface area contributed by atoms with E-state index in [1.807, 2.05) is 0 Å². The van der Waals surface area contributed by atoms with Crippen LogP contribution in [0.25, 0.3) is 0 Å². The Morgan fingerprint density at radius 3 is 2.60 bits per heavy atom. The van der Waals surface area contributed by atoms with Gasteiger partial charge in [0.1, 0.15) is 18.1 Å². The van der Waals surface area contributed by atoms with E-state index in [-0.39, 0.29) is 17.1 Å². The summed E-state index contributed by atoms with van der Waals surface area (Å²) in [5.74, 6) is -0.352. The Balaban J connectivity index is 2.53. The average molecular weight is 220 g/mol. The third-order valence-electron chi connectivity index (χ3n) is 2.32. The fourth-order valence-corrected chi connectivity index (χ4v) is 1.47. The van der Waals surface area contributed by atoms with Gasteiger partial charge in [0.05, 0.1) is 0 Å². The van der Waals surface area contributed by atoms with Crippen molar-refractivity contribution in [3.05, 3.63) is 23.8 Å². The average Bonchev–Trinajstić information content (AvgIpc) is 2.43. The lowest BCUT2D eigenvalue weighted by Gasteiger charge is -2.24. The second-order valence-corrected chi connectivity index (χ2v) is 3.33. The number of fused-ring (bicyclic) bond motifs is 1. The number of benzene rings is 1. The smallest absolute Gasteiger partial charge is 0.425 e. The predicted molar refractivity (Wildman–Crippen MR) is 43.6 cm³/mol.